The van der Waals surface area contributed by atoms with Crippen LogP contribution in [-0.4, -0.2) is 24.0 Å². The lowest BCUT2D eigenvalue weighted by atomic mass is 10.2. The number of nitrogens with zero attached hydrogens (tertiary/aromatic N) is 1. The smallest absolute Gasteiger partial charge is 0.296 e. The van der Waals surface area contributed by atoms with Crippen LogP contribution in [0.1, 0.15) is 6.92 Å². The van der Waals surface area contributed by atoms with Gasteiger partial charge in [0.15, 0.2) is 0 Å². The highest BCUT2D eigenvalue weighted by Gasteiger charge is 2.15. The number of carbonyl (C=O) groups is 1. The molecule has 0 bridgehead atoms. The molecule has 0 saturated carbocycles. The molecule has 0 spiro atoms. The highest BCUT2D eigenvalue weighted by molar-refractivity contribution is 5.91. The highest BCUT2D eigenvalue weighted by Crippen LogP contribution is 2.28. The molecule has 92 valence electrons. The molecule has 0 saturated heterocycles. The summed E-state index contributed by atoms with van der Waals surface area (Å²) >= 11 is 0. The van der Waals surface area contributed by atoms with Crippen LogP contribution >= 0.6 is 0 Å². The number of hydrogen-bond donors (Lipinski definition) is 2. The van der Waals surface area contributed by atoms with E-state index in [4.69, 9.17) is 10.5 Å². The fourth-order valence-corrected chi connectivity index (χ4v) is 1.22. The van der Waals surface area contributed by atoms with Gasteiger partial charge in [0.25, 0.3) is 5.69 Å². The van der Waals surface area contributed by atoms with Crippen LogP contribution in [0.15, 0.2) is 18.2 Å². The molecule has 0 aliphatic heterocycles. The summed E-state index contributed by atoms with van der Waals surface area (Å²) in [7, 11) is 0. The topological polar surface area (TPSA) is 107 Å². The summed E-state index contributed by atoms with van der Waals surface area (Å²) in [5, 5.41) is 13.2. The fraction of sp³-hybridized carbons (Fsp3) is 0.300. The molecule has 0 aliphatic rings. The van der Waals surface area contributed by atoms with Gasteiger partial charge in [0.1, 0.15) is 18.0 Å². The van der Waals surface area contributed by atoms with E-state index in [0.717, 1.165) is 0 Å². The minimum Gasteiger partial charge on any atom is -0.492 e. The SMILES string of the molecule is CC(=O)Nc1ccc(OCCN)cc1[N+](=O)[O-]. The minimum absolute atomic E-state index is 0.141. The largest absolute Gasteiger partial charge is 0.492 e. The number of carbonyl (C=O) groups excluding carboxylic acids is 1. The van der Waals surface area contributed by atoms with Crippen molar-refractivity contribution in [2.75, 3.05) is 18.5 Å². The lowest BCUT2D eigenvalue weighted by molar-refractivity contribution is -0.384. The van der Waals surface area contributed by atoms with Crippen LogP contribution < -0.4 is 15.8 Å². The average Bonchev–Trinajstić information content (AvgIpc) is 2.26. The summed E-state index contributed by atoms with van der Waals surface area (Å²) in [6, 6.07) is 4.21. The number of amides is 1. The Labute approximate surface area is 97.7 Å². The van der Waals surface area contributed by atoms with Gasteiger partial charge < -0.3 is 15.8 Å². The van der Waals surface area contributed by atoms with Gasteiger partial charge in [-0.3, -0.25) is 14.9 Å². The Morgan fingerprint density at radius 2 is 2.29 bits per heavy atom. The number of rotatable bonds is 5. The number of nitro groups is 1. The van der Waals surface area contributed by atoms with Crippen LogP contribution in [-0.2, 0) is 4.79 Å². The molecule has 1 rings (SSSR count). The molecule has 0 atom stereocenters. The van der Waals surface area contributed by atoms with E-state index in [9.17, 15) is 14.9 Å². The molecule has 17 heavy (non-hydrogen) atoms. The molecule has 0 aromatic heterocycles. The second-order valence-electron chi connectivity index (χ2n) is 3.25. The Hall–Kier alpha value is -2.15. The van der Waals surface area contributed by atoms with Gasteiger partial charge in [0.2, 0.25) is 5.91 Å². The van der Waals surface area contributed by atoms with Crippen LogP contribution in [0, 0.1) is 10.1 Å². The van der Waals surface area contributed by atoms with Crippen molar-refractivity contribution in [1.82, 2.24) is 0 Å². The Morgan fingerprint density at radius 3 is 2.82 bits per heavy atom. The third-order valence-corrected chi connectivity index (χ3v) is 1.86. The maximum atomic E-state index is 10.9. The summed E-state index contributed by atoms with van der Waals surface area (Å²) < 4.78 is 5.16. The maximum absolute atomic E-state index is 10.9. The van der Waals surface area contributed by atoms with Crippen molar-refractivity contribution in [2.24, 2.45) is 5.73 Å². The van der Waals surface area contributed by atoms with Crippen molar-refractivity contribution >= 4 is 17.3 Å². The van der Waals surface area contributed by atoms with Crippen molar-refractivity contribution in [2.45, 2.75) is 6.92 Å². The lowest BCUT2D eigenvalue weighted by Gasteiger charge is -2.07. The Kier molecular flexibility index (Phi) is 4.41. The number of anilines is 1. The zero-order valence-corrected chi connectivity index (χ0v) is 9.30. The average molecular weight is 239 g/mol. The van der Waals surface area contributed by atoms with E-state index in [2.05, 4.69) is 5.32 Å². The summed E-state index contributed by atoms with van der Waals surface area (Å²) in [5.74, 6) is -0.0278. The first-order valence-corrected chi connectivity index (χ1v) is 4.93. The number of nitrogens with one attached hydrogen (secondary N) is 1. The summed E-state index contributed by atoms with van der Waals surface area (Å²) in [6.45, 7) is 1.88. The minimum atomic E-state index is -0.583. The van der Waals surface area contributed by atoms with Crippen molar-refractivity contribution in [3.63, 3.8) is 0 Å². The van der Waals surface area contributed by atoms with Gasteiger partial charge >= 0.3 is 0 Å². The number of hydrogen-bond acceptors (Lipinski definition) is 5. The zero-order valence-electron chi connectivity index (χ0n) is 9.30. The number of benzene rings is 1. The molecule has 0 heterocycles. The lowest BCUT2D eigenvalue weighted by Crippen LogP contribution is -2.11. The van der Waals surface area contributed by atoms with E-state index in [-0.39, 0.29) is 23.9 Å². The van der Waals surface area contributed by atoms with Gasteiger partial charge in [-0.05, 0) is 12.1 Å². The first-order chi connectivity index (χ1) is 8.04. The van der Waals surface area contributed by atoms with Crippen molar-refractivity contribution < 1.29 is 14.5 Å². The summed E-state index contributed by atoms with van der Waals surface area (Å²) in [5.41, 5.74) is 5.18. The predicted molar refractivity (Wildman–Crippen MR) is 61.9 cm³/mol. The van der Waals surface area contributed by atoms with Crippen LogP contribution in [0.5, 0.6) is 5.75 Å². The van der Waals surface area contributed by atoms with E-state index in [0.29, 0.717) is 12.3 Å². The van der Waals surface area contributed by atoms with E-state index >= 15 is 0 Å². The molecule has 0 aliphatic carbocycles. The van der Waals surface area contributed by atoms with Crippen molar-refractivity contribution in [3.8, 4) is 5.75 Å². The Bertz CT molecular complexity index is 434. The van der Waals surface area contributed by atoms with Gasteiger partial charge in [0.05, 0.1) is 11.0 Å². The fourth-order valence-electron chi connectivity index (χ4n) is 1.22. The van der Waals surface area contributed by atoms with E-state index in [1.54, 1.807) is 0 Å². The molecule has 0 fully saturated rings. The summed E-state index contributed by atoms with van der Waals surface area (Å²) in [4.78, 5) is 21.1. The molecular weight excluding hydrogens is 226 g/mol. The van der Waals surface area contributed by atoms with E-state index < -0.39 is 4.92 Å². The third-order valence-electron chi connectivity index (χ3n) is 1.86. The number of nitro benzene ring substituents is 1. The van der Waals surface area contributed by atoms with Gasteiger partial charge in [-0.15, -0.1) is 0 Å². The normalized spacial score (nSPS) is 9.76. The second-order valence-corrected chi connectivity index (χ2v) is 3.25. The summed E-state index contributed by atoms with van der Waals surface area (Å²) in [6.07, 6.45) is 0. The Morgan fingerprint density at radius 1 is 1.59 bits per heavy atom. The number of nitrogens with two attached hydrogens (primary N) is 1. The van der Waals surface area contributed by atoms with Crippen molar-refractivity contribution in [1.29, 1.82) is 0 Å². The molecule has 0 unspecified atom stereocenters. The standard InChI is InChI=1S/C10H13N3O4/c1-7(14)12-9-3-2-8(17-5-4-11)6-10(9)13(15)16/h2-3,6H,4-5,11H2,1H3,(H,12,14). The van der Waals surface area contributed by atoms with Gasteiger partial charge in [0, 0.05) is 13.5 Å². The first-order valence-electron chi connectivity index (χ1n) is 4.93. The van der Waals surface area contributed by atoms with Gasteiger partial charge in [-0.25, -0.2) is 0 Å². The van der Waals surface area contributed by atoms with Crippen LogP contribution in [0.25, 0.3) is 0 Å². The molecule has 1 aromatic rings. The van der Waals surface area contributed by atoms with Crippen LogP contribution in [0.3, 0.4) is 0 Å². The Balaban J connectivity index is 2.99. The molecule has 1 aromatic carbocycles. The molecule has 1 amide bonds. The van der Waals surface area contributed by atoms with E-state index in [1.807, 2.05) is 0 Å². The third kappa shape index (κ3) is 3.72. The predicted octanol–water partition coefficient (Wildman–Crippen LogP) is 0.891. The molecule has 0 radical (unpaired) electrons. The molecule has 7 nitrogen and oxygen atoms in total. The van der Waals surface area contributed by atoms with Gasteiger partial charge in [-0.2, -0.15) is 0 Å². The number of ether oxygens (including phenoxy) is 1. The van der Waals surface area contributed by atoms with Crippen LogP contribution in [0.2, 0.25) is 0 Å². The van der Waals surface area contributed by atoms with Crippen molar-refractivity contribution in [3.05, 3.63) is 28.3 Å². The highest BCUT2D eigenvalue weighted by atomic mass is 16.6. The quantitative estimate of drug-likeness (QED) is 0.586. The van der Waals surface area contributed by atoms with Crippen LogP contribution in [0.4, 0.5) is 11.4 Å². The van der Waals surface area contributed by atoms with Gasteiger partial charge in [-0.1, -0.05) is 0 Å². The molecule has 3 N–H and O–H groups in total. The monoisotopic (exact) mass is 239 g/mol. The first kappa shape index (κ1) is 12.9. The van der Waals surface area contributed by atoms with E-state index in [1.165, 1.54) is 25.1 Å². The second kappa shape index (κ2) is 5.80. The molecular formula is C10H13N3O4. The molecule has 7 heteroatoms. The zero-order chi connectivity index (χ0) is 12.8. The maximum Gasteiger partial charge on any atom is 0.296 e.